The second-order valence-corrected chi connectivity index (χ2v) is 12.0. The molecule has 3 aliphatic rings. The molecule has 3 unspecified atom stereocenters. The number of nitrogens with one attached hydrogen (secondary N) is 1. The highest BCUT2D eigenvalue weighted by atomic mass is 35.5. The smallest absolute Gasteiger partial charge is 0.224 e. The van der Waals surface area contributed by atoms with Crippen LogP contribution in [0.3, 0.4) is 0 Å². The molecule has 0 aromatic heterocycles. The summed E-state index contributed by atoms with van der Waals surface area (Å²) in [6.07, 6.45) is 10.4. The normalized spacial score (nSPS) is 24.1. The lowest BCUT2D eigenvalue weighted by Crippen LogP contribution is -2.62. The largest absolute Gasteiger partial charge is 0.504 e. The minimum absolute atomic E-state index is 0.0432. The number of nitrogens with zero attached hydrogens (tertiary/aromatic N) is 1. The number of phenols is 2. The minimum Gasteiger partial charge on any atom is -0.504 e. The van der Waals surface area contributed by atoms with E-state index in [1.807, 2.05) is 6.07 Å². The fraction of sp³-hybridized carbons (Fsp3) is 0.581. The van der Waals surface area contributed by atoms with E-state index in [0.717, 1.165) is 62.2 Å². The Morgan fingerprint density at radius 1 is 1.00 bits per heavy atom. The van der Waals surface area contributed by atoms with Crippen molar-refractivity contribution in [3.63, 3.8) is 0 Å². The maximum Gasteiger partial charge on any atom is 0.224 e. The number of fused-ring (bicyclic) bond motifs is 1. The van der Waals surface area contributed by atoms with Gasteiger partial charge in [-0.05, 0) is 106 Å². The van der Waals surface area contributed by atoms with Gasteiger partial charge in [-0.15, -0.1) is 0 Å². The zero-order chi connectivity index (χ0) is 29.3. The number of hydrogen-bond acceptors (Lipinski definition) is 6. The van der Waals surface area contributed by atoms with Gasteiger partial charge in [0.05, 0.1) is 22.1 Å². The Bertz CT molecular complexity index is 1110. The highest BCUT2D eigenvalue weighted by molar-refractivity contribution is 6.42. The van der Waals surface area contributed by atoms with Gasteiger partial charge in [0.2, 0.25) is 5.91 Å². The molecule has 2 aliphatic carbocycles. The van der Waals surface area contributed by atoms with Gasteiger partial charge in [-0.1, -0.05) is 48.2 Å². The molecule has 1 amide bonds. The van der Waals surface area contributed by atoms with Crippen LogP contribution in [0.5, 0.6) is 11.5 Å². The second-order valence-electron chi connectivity index (χ2n) is 11.1. The topological polar surface area (TPSA) is 119 Å². The number of likely N-dealkylation sites (N-methyl/N-ethyl adjacent to an activating group) is 1. The number of carbonyl (C=O) groups excluding carboxylic acids is 1. The maximum absolute atomic E-state index is 11.6. The summed E-state index contributed by atoms with van der Waals surface area (Å²) in [6.45, 7) is 2.26. The summed E-state index contributed by atoms with van der Waals surface area (Å²) in [6, 6.07) is 10.5. The van der Waals surface area contributed by atoms with Gasteiger partial charge in [0.15, 0.2) is 11.5 Å². The van der Waals surface area contributed by atoms with Gasteiger partial charge in [-0.25, -0.2) is 0 Å². The van der Waals surface area contributed by atoms with Crippen molar-refractivity contribution in [2.75, 3.05) is 27.2 Å². The summed E-state index contributed by atoms with van der Waals surface area (Å²) in [5, 5.41) is 34.4. The van der Waals surface area contributed by atoms with Crippen LogP contribution in [-0.2, 0) is 17.6 Å². The third kappa shape index (κ3) is 8.73. The molecule has 2 saturated carbocycles. The zero-order valence-electron chi connectivity index (χ0n) is 23.7. The van der Waals surface area contributed by atoms with Crippen LogP contribution in [0.4, 0.5) is 0 Å². The van der Waals surface area contributed by atoms with Gasteiger partial charge >= 0.3 is 0 Å². The lowest BCUT2D eigenvalue weighted by atomic mass is 9.66. The van der Waals surface area contributed by atoms with E-state index >= 15 is 0 Å². The number of hydrogen-bond donors (Lipinski definition) is 5. The van der Waals surface area contributed by atoms with Crippen molar-refractivity contribution >= 4 is 29.1 Å². The Morgan fingerprint density at radius 3 is 2.38 bits per heavy atom. The van der Waals surface area contributed by atoms with Gasteiger partial charge in [0.25, 0.3) is 0 Å². The van der Waals surface area contributed by atoms with E-state index < -0.39 is 5.60 Å². The number of rotatable bonds is 7. The van der Waals surface area contributed by atoms with Gasteiger partial charge in [-0.2, -0.15) is 0 Å². The molecule has 3 atom stereocenters. The third-order valence-electron chi connectivity index (χ3n) is 8.43. The average Bonchev–Trinajstić information content (AvgIpc) is 3.77. The molecule has 1 heterocycles. The molecular weight excluding hydrogens is 549 g/mol. The van der Waals surface area contributed by atoms with E-state index in [4.69, 9.17) is 23.2 Å². The molecule has 1 saturated heterocycles. The molecule has 2 aromatic rings. The predicted octanol–water partition coefficient (Wildman–Crippen LogP) is 5.29. The van der Waals surface area contributed by atoms with E-state index in [1.165, 1.54) is 32.7 Å². The molecule has 0 spiro atoms. The number of amides is 1. The van der Waals surface area contributed by atoms with E-state index in [0.29, 0.717) is 22.4 Å². The van der Waals surface area contributed by atoms with Gasteiger partial charge < -0.3 is 26.4 Å². The highest BCUT2D eigenvalue weighted by Crippen LogP contribution is 2.46. The lowest BCUT2D eigenvalue weighted by Gasteiger charge is -2.54. The summed E-state index contributed by atoms with van der Waals surface area (Å²) in [5.74, 6) is 1.13. The summed E-state index contributed by atoms with van der Waals surface area (Å²) in [5.41, 5.74) is 5.85. The SMILES string of the molecule is CN.CNC(=O)Cc1ccc(Cl)c(Cl)c1.Oc1ccc(CCC2N(CC3CC3)CCC3CCCCC32O)cc1O. The molecule has 40 heavy (non-hydrogen) atoms. The monoisotopic (exact) mass is 593 g/mol. The van der Waals surface area contributed by atoms with Crippen molar-refractivity contribution in [2.45, 2.75) is 75.9 Å². The first-order valence-electron chi connectivity index (χ1n) is 14.4. The van der Waals surface area contributed by atoms with Crippen LogP contribution in [0.25, 0.3) is 0 Å². The molecule has 2 aromatic carbocycles. The van der Waals surface area contributed by atoms with Gasteiger partial charge in [0, 0.05) is 19.6 Å². The predicted molar refractivity (Wildman–Crippen MR) is 162 cm³/mol. The van der Waals surface area contributed by atoms with E-state index in [1.54, 1.807) is 37.4 Å². The first kappa shape index (κ1) is 32.5. The Labute approximate surface area is 248 Å². The van der Waals surface area contributed by atoms with Gasteiger partial charge in [-0.3, -0.25) is 9.69 Å². The number of aromatic hydroxyl groups is 2. The molecule has 0 bridgehead atoms. The van der Waals surface area contributed by atoms with Crippen LogP contribution in [-0.4, -0.2) is 65.0 Å². The number of phenolic OH excluding ortho intramolecular Hbond substituents is 2. The molecule has 5 rings (SSSR count). The molecule has 1 aliphatic heterocycles. The van der Waals surface area contributed by atoms with Crippen LogP contribution >= 0.6 is 23.2 Å². The van der Waals surface area contributed by atoms with E-state index in [-0.39, 0.29) is 23.4 Å². The molecule has 7 nitrogen and oxygen atoms in total. The van der Waals surface area contributed by atoms with Crippen molar-refractivity contribution < 1.29 is 20.1 Å². The molecule has 222 valence electrons. The number of halogens is 2. The van der Waals surface area contributed by atoms with Crippen LogP contribution in [0.1, 0.15) is 62.5 Å². The van der Waals surface area contributed by atoms with Crippen molar-refractivity contribution in [3.8, 4) is 11.5 Å². The average molecular weight is 595 g/mol. The molecule has 9 heteroatoms. The summed E-state index contributed by atoms with van der Waals surface area (Å²) < 4.78 is 0. The number of aliphatic hydroxyl groups is 1. The van der Waals surface area contributed by atoms with Crippen LogP contribution in [0.15, 0.2) is 36.4 Å². The zero-order valence-corrected chi connectivity index (χ0v) is 25.2. The van der Waals surface area contributed by atoms with Crippen LogP contribution < -0.4 is 11.1 Å². The Balaban J connectivity index is 0.000000249. The minimum atomic E-state index is -0.537. The first-order chi connectivity index (χ1) is 19.2. The van der Waals surface area contributed by atoms with E-state index in [2.05, 4.69) is 16.0 Å². The van der Waals surface area contributed by atoms with Crippen molar-refractivity contribution in [1.82, 2.24) is 10.2 Å². The molecule has 3 fully saturated rings. The fourth-order valence-corrected chi connectivity index (χ4v) is 6.43. The highest BCUT2D eigenvalue weighted by Gasteiger charge is 2.50. The standard InChI is InChI=1S/C21H31NO3.C9H9Cl2NO.CH5N/c23-18-8-6-15(13-19(18)24)7-9-20-21(25)11-2-1-3-17(21)10-12-22(20)14-16-4-5-16;1-12-9(13)5-6-2-3-7(10)8(11)4-6;1-2/h6,8,13,16-17,20,23-25H,1-5,7,9-12,14H2;2-4H,5H2,1H3,(H,12,13);2H2,1H3. The van der Waals surface area contributed by atoms with Gasteiger partial charge in [0.1, 0.15) is 0 Å². The number of piperidine rings is 1. The van der Waals surface area contributed by atoms with Crippen molar-refractivity contribution in [3.05, 3.63) is 57.6 Å². The second kappa shape index (κ2) is 15.3. The van der Waals surface area contributed by atoms with E-state index in [9.17, 15) is 20.1 Å². The summed E-state index contributed by atoms with van der Waals surface area (Å²) in [4.78, 5) is 13.6. The fourth-order valence-electron chi connectivity index (χ4n) is 6.11. The summed E-state index contributed by atoms with van der Waals surface area (Å²) >= 11 is 11.5. The quantitative estimate of drug-likeness (QED) is 0.278. The number of benzene rings is 2. The molecular formula is C31H45Cl2N3O4. The third-order valence-corrected chi connectivity index (χ3v) is 9.17. The number of nitrogens with two attached hydrogens (primary N) is 1. The number of aryl methyl sites for hydroxylation is 1. The van der Waals surface area contributed by atoms with Crippen LogP contribution in [0, 0.1) is 11.8 Å². The Kier molecular flexibility index (Phi) is 12.4. The first-order valence-corrected chi connectivity index (χ1v) is 15.1. The Morgan fingerprint density at radius 2 is 1.73 bits per heavy atom. The number of carbonyl (C=O) groups is 1. The lowest BCUT2D eigenvalue weighted by molar-refractivity contribution is -0.143. The molecule has 0 radical (unpaired) electrons. The Hall–Kier alpha value is -2.03. The summed E-state index contributed by atoms with van der Waals surface area (Å²) in [7, 11) is 3.10. The number of likely N-dealkylation sites (tertiary alicyclic amines) is 1. The van der Waals surface area contributed by atoms with Crippen molar-refractivity contribution in [1.29, 1.82) is 0 Å². The maximum atomic E-state index is 11.6. The van der Waals surface area contributed by atoms with Crippen molar-refractivity contribution in [2.24, 2.45) is 17.6 Å². The molecule has 6 N–H and O–H groups in total. The van der Waals surface area contributed by atoms with Crippen LogP contribution in [0.2, 0.25) is 10.0 Å².